The van der Waals surface area contributed by atoms with Gasteiger partial charge in [-0.1, -0.05) is 23.2 Å². The van der Waals surface area contributed by atoms with Gasteiger partial charge in [0.15, 0.2) is 0 Å². The van der Waals surface area contributed by atoms with Gasteiger partial charge in [0.2, 0.25) is 0 Å². The fraction of sp³-hybridized carbons (Fsp3) is 0.333. The van der Waals surface area contributed by atoms with Crippen LogP contribution in [0.2, 0.25) is 10.0 Å². The average Bonchev–Trinajstić information content (AvgIpc) is 2.84. The van der Waals surface area contributed by atoms with Crippen molar-refractivity contribution in [1.82, 2.24) is 9.88 Å². The average molecular weight is 367 g/mol. The molecule has 1 aromatic heterocycles. The minimum absolute atomic E-state index is 0.489. The summed E-state index contributed by atoms with van der Waals surface area (Å²) in [6.07, 6.45) is -0.507. The van der Waals surface area contributed by atoms with Gasteiger partial charge in [-0.25, -0.2) is 0 Å². The molecule has 0 aliphatic heterocycles. The molecule has 4 nitrogen and oxygen atoms in total. The monoisotopic (exact) mass is 366 g/mol. The van der Waals surface area contributed by atoms with Gasteiger partial charge >= 0.3 is 0 Å². The van der Waals surface area contributed by atoms with Crippen LogP contribution in [0.15, 0.2) is 36.4 Å². The molecule has 1 unspecified atom stereocenters. The van der Waals surface area contributed by atoms with Crippen LogP contribution in [0.4, 0.5) is 0 Å². The van der Waals surface area contributed by atoms with E-state index in [2.05, 4.69) is 9.88 Å². The van der Waals surface area contributed by atoms with Crippen LogP contribution < -0.4 is 5.32 Å². The molecule has 2 N–H and O–H groups in total. The number of fused-ring (bicyclic) bond motifs is 3. The van der Waals surface area contributed by atoms with Crippen molar-refractivity contribution < 1.29 is 9.84 Å². The first-order chi connectivity index (χ1) is 11.6. The number of aliphatic hydroxyl groups excluding tert-OH is 1. The molecule has 0 fully saturated rings. The van der Waals surface area contributed by atoms with E-state index in [0.29, 0.717) is 36.3 Å². The van der Waals surface area contributed by atoms with E-state index in [1.54, 1.807) is 7.11 Å². The number of nitrogens with one attached hydrogen (secondary N) is 1. The van der Waals surface area contributed by atoms with Crippen molar-refractivity contribution in [3.8, 4) is 0 Å². The first-order valence-electron chi connectivity index (χ1n) is 7.85. The number of methoxy groups -OCH3 is 1. The number of aliphatic hydroxyl groups is 1. The Kier molecular flexibility index (Phi) is 5.64. The molecule has 0 aliphatic rings. The second-order valence-electron chi connectivity index (χ2n) is 5.78. The van der Waals surface area contributed by atoms with Crippen molar-refractivity contribution in [2.45, 2.75) is 12.6 Å². The van der Waals surface area contributed by atoms with Crippen molar-refractivity contribution in [2.24, 2.45) is 0 Å². The standard InChI is InChI=1S/C18H20Cl2N2O2/c1-24-7-6-21-10-14(23)11-22-17-4-2-12(19)8-15(17)16-9-13(20)3-5-18(16)22/h2-5,8-9,14,21,23H,6-7,10-11H2,1H3. The molecule has 24 heavy (non-hydrogen) atoms. The van der Waals surface area contributed by atoms with E-state index in [4.69, 9.17) is 27.9 Å². The number of hydrogen-bond acceptors (Lipinski definition) is 3. The maximum absolute atomic E-state index is 10.4. The van der Waals surface area contributed by atoms with Crippen molar-refractivity contribution in [3.63, 3.8) is 0 Å². The molecule has 2 aromatic carbocycles. The van der Waals surface area contributed by atoms with Crippen LogP contribution in [0, 0.1) is 0 Å². The van der Waals surface area contributed by atoms with Gasteiger partial charge in [-0.3, -0.25) is 0 Å². The summed E-state index contributed by atoms with van der Waals surface area (Å²) in [6.45, 7) is 2.33. The molecule has 0 bridgehead atoms. The summed E-state index contributed by atoms with van der Waals surface area (Å²) in [5, 5.41) is 17.0. The first-order valence-corrected chi connectivity index (χ1v) is 8.60. The Hall–Kier alpha value is -1.30. The van der Waals surface area contributed by atoms with Crippen LogP contribution in [0.25, 0.3) is 21.8 Å². The molecule has 6 heteroatoms. The lowest BCUT2D eigenvalue weighted by molar-refractivity contribution is 0.146. The van der Waals surface area contributed by atoms with E-state index in [1.165, 1.54) is 0 Å². The van der Waals surface area contributed by atoms with Crippen molar-refractivity contribution in [2.75, 3.05) is 26.8 Å². The summed E-state index contributed by atoms with van der Waals surface area (Å²) in [6, 6.07) is 11.6. The lowest BCUT2D eigenvalue weighted by atomic mass is 10.1. The number of halogens is 2. The minimum atomic E-state index is -0.507. The smallest absolute Gasteiger partial charge is 0.0843 e. The second kappa shape index (κ2) is 7.72. The Morgan fingerprint density at radius 2 is 1.67 bits per heavy atom. The van der Waals surface area contributed by atoms with E-state index < -0.39 is 6.10 Å². The van der Waals surface area contributed by atoms with Crippen LogP contribution in [0.1, 0.15) is 0 Å². The van der Waals surface area contributed by atoms with E-state index in [0.717, 1.165) is 21.8 Å². The fourth-order valence-electron chi connectivity index (χ4n) is 2.96. The van der Waals surface area contributed by atoms with Gasteiger partial charge in [-0.2, -0.15) is 0 Å². The van der Waals surface area contributed by atoms with Gasteiger partial charge < -0.3 is 19.7 Å². The molecule has 3 rings (SSSR count). The number of ether oxygens (including phenoxy) is 1. The molecule has 1 atom stereocenters. The highest BCUT2D eigenvalue weighted by Crippen LogP contribution is 2.32. The highest BCUT2D eigenvalue weighted by Gasteiger charge is 2.14. The van der Waals surface area contributed by atoms with Gasteiger partial charge in [-0.05, 0) is 36.4 Å². The second-order valence-corrected chi connectivity index (χ2v) is 6.66. The normalized spacial score (nSPS) is 13.0. The van der Waals surface area contributed by atoms with Gasteiger partial charge in [0.1, 0.15) is 0 Å². The number of hydrogen-bond donors (Lipinski definition) is 2. The van der Waals surface area contributed by atoms with Crippen LogP contribution in [-0.2, 0) is 11.3 Å². The van der Waals surface area contributed by atoms with Crippen molar-refractivity contribution in [3.05, 3.63) is 46.4 Å². The molecular formula is C18H20Cl2N2O2. The lowest BCUT2D eigenvalue weighted by Gasteiger charge is -2.15. The van der Waals surface area contributed by atoms with E-state index in [9.17, 15) is 5.11 Å². The van der Waals surface area contributed by atoms with Gasteiger partial charge in [0.05, 0.1) is 19.3 Å². The topological polar surface area (TPSA) is 46.4 Å². The maximum Gasteiger partial charge on any atom is 0.0843 e. The van der Waals surface area contributed by atoms with Crippen LogP contribution in [0.3, 0.4) is 0 Å². The molecule has 0 aliphatic carbocycles. The highest BCUT2D eigenvalue weighted by atomic mass is 35.5. The molecule has 0 saturated heterocycles. The molecule has 3 aromatic rings. The quantitative estimate of drug-likeness (QED) is 0.626. The van der Waals surface area contributed by atoms with Crippen molar-refractivity contribution >= 4 is 45.0 Å². The first kappa shape index (κ1) is 17.5. The van der Waals surface area contributed by atoms with Crippen LogP contribution >= 0.6 is 23.2 Å². The third-order valence-electron chi connectivity index (χ3n) is 4.05. The Bertz CT molecular complexity index is 789. The zero-order valence-corrected chi connectivity index (χ0v) is 14.9. The third-order valence-corrected chi connectivity index (χ3v) is 4.52. The maximum atomic E-state index is 10.4. The molecule has 128 valence electrons. The summed E-state index contributed by atoms with van der Waals surface area (Å²) in [5.74, 6) is 0. The Balaban J connectivity index is 1.93. The summed E-state index contributed by atoms with van der Waals surface area (Å²) in [7, 11) is 1.66. The number of nitrogens with zero attached hydrogens (tertiary/aromatic N) is 1. The van der Waals surface area contributed by atoms with Gasteiger partial charge in [-0.15, -0.1) is 0 Å². The predicted molar refractivity (Wildman–Crippen MR) is 100 cm³/mol. The highest BCUT2D eigenvalue weighted by molar-refractivity contribution is 6.33. The molecule has 0 spiro atoms. The molecule has 0 saturated carbocycles. The van der Waals surface area contributed by atoms with Crippen LogP contribution in [0.5, 0.6) is 0 Å². The number of rotatable bonds is 7. The van der Waals surface area contributed by atoms with Crippen molar-refractivity contribution in [1.29, 1.82) is 0 Å². The Labute approximate surface area is 150 Å². The zero-order valence-electron chi connectivity index (χ0n) is 13.4. The van der Waals surface area contributed by atoms with Gasteiger partial charge in [0, 0.05) is 52.1 Å². The van der Waals surface area contributed by atoms with E-state index >= 15 is 0 Å². The number of aromatic nitrogens is 1. The Morgan fingerprint density at radius 1 is 1.08 bits per heavy atom. The minimum Gasteiger partial charge on any atom is -0.390 e. The third kappa shape index (κ3) is 3.68. The molecule has 1 heterocycles. The zero-order chi connectivity index (χ0) is 17.1. The summed E-state index contributed by atoms with van der Waals surface area (Å²) in [4.78, 5) is 0. The molecular weight excluding hydrogens is 347 g/mol. The van der Waals surface area contributed by atoms with Crippen LogP contribution in [-0.4, -0.2) is 42.6 Å². The largest absolute Gasteiger partial charge is 0.390 e. The predicted octanol–water partition coefficient (Wildman–Crippen LogP) is 3.70. The Morgan fingerprint density at radius 3 is 2.21 bits per heavy atom. The fourth-order valence-corrected chi connectivity index (χ4v) is 3.31. The van der Waals surface area contributed by atoms with Gasteiger partial charge in [0.25, 0.3) is 0 Å². The molecule has 0 amide bonds. The molecule has 0 radical (unpaired) electrons. The van der Waals surface area contributed by atoms with E-state index in [1.807, 2.05) is 36.4 Å². The van der Waals surface area contributed by atoms with E-state index in [-0.39, 0.29) is 0 Å². The summed E-state index contributed by atoms with van der Waals surface area (Å²) >= 11 is 12.3. The summed E-state index contributed by atoms with van der Waals surface area (Å²) in [5.41, 5.74) is 2.07. The SMILES string of the molecule is COCCNCC(O)Cn1c2ccc(Cl)cc2c2cc(Cl)ccc21. The summed E-state index contributed by atoms with van der Waals surface area (Å²) < 4.78 is 7.10. The number of benzene rings is 2. The lowest BCUT2D eigenvalue weighted by Crippen LogP contribution is -2.32.